The molecule has 2 rings (SSSR count). The number of aromatic nitrogens is 1. The number of hydrogen-bond donors (Lipinski definition) is 1. The predicted molar refractivity (Wildman–Crippen MR) is 64.5 cm³/mol. The summed E-state index contributed by atoms with van der Waals surface area (Å²) in [6.07, 6.45) is -0.625. The molecule has 4 heteroatoms. The molecule has 0 unspecified atom stereocenters. The average molecular weight is 242 g/mol. The summed E-state index contributed by atoms with van der Waals surface area (Å²) in [6.45, 7) is 3.47. The summed E-state index contributed by atoms with van der Waals surface area (Å²) in [6, 6.07) is 7.87. The van der Waals surface area contributed by atoms with E-state index in [9.17, 15) is 5.11 Å². The number of benzene rings is 1. The fraction of sp³-hybridized carbons (Fsp3) is 0.364. The molecule has 1 N–H and O–H groups in total. The first-order valence-corrected chi connectivity index (χ1v) is 5.94. The van der Waals surface area contributed by atoms with Crippen LogP contribution >= 0.6 is 22.9 Å². The molecule has 15 heavy (non-hydrogen) atoms. The first-order chi connectivity index (χ1) is 7.01. The van der Waals surface area contributed by atoms with E-state index in [4.69, 9.17) is 11.6 Å². The van der Waals surface area contributed by atoms with Gasteiger partial charge in [-0.05, 0) is 26.0 Å². The Bertz CT molecular complexity index is 445. The van der Waals surface area contributed by atoms with E-state index in [1.807, 2.05) is 24.3 Å². The van der Waals surface area contributed by atoms with Gasteiger partial charge >= 0.3 is 0 Å². The number of rotatable bonds is 2. The smallest absolute Gasteiger partial charge is 0.119 e. The Kier molecular flexibility index (Phi) is 2.71. The van der Waals surface area contributed by atoms with Crippen LogP contribution in [0.1, 0.15) is 18.9 Å². The molecule has 0 saturated heterocycles. The maximum absolute atomic E-state index is 9.59. The standard InChI is InChI=1S/C11H12ClNOS/c1-7(14)11(2,12)10-13-8-5-3-4-6-9(8)15-10/h3-7,14H,1-2H3/t7-,11+/m0/s1. The Morgan fingerprint density at radius 2 is 2.13 bits per heavy atom. The van der Waals surface area contributed by atoms with Crippen LogP contribution in [-0.4, -0.2) is 16.2 Å². The number of nitrogens with zero attached hydrogens (tertiary/aromatic N) is 1. The summed E-state index contributed by atoms with van der Waals surface area (Å²) < 4.78 is 1.10. The van der Waals surface area contributed by atoms with Crippen molar-refractivity contribution >= 4 is 33.2 Å². The second-order valence-corrected chi connectivity index (χ2v) is 5.55. The van der Waals surface area contributed by atoms with Crippen LogP contribution in [0.5, 0.6) is 0 Å². The molecular formula is C11H12ClNOS. The van der Waals surface area contributed by atoms with Crippen LogP contribution in [-0.2, 0) is 4.87 Å². The van der Waals surface area contributed by atoms with Crippen molar-refractivity contribution in [3.8, 4) is 0 Å². The lowest BCUT2D eigenvalue weighted by atomic mass is 10.1. The van der Waals surface area contributed by atoms with Crippen LogP contribution < -0.4 is 0 Å². The van der Waals surface area contributed by atoms with Crippen LogP contribution in [0.2, 0.25) is 0 Å². The first-order valence-electron chi connectivity index (χ1n) is 4.75. The lowest BCUT2D eigenvalue weighted by Crippen LogP contribution is -2.27. The topological polar surface area (TPSA) is 33.1 Å². The van der Waals surface area contributed by atoms with Gasteiger partial charge < -0.3 is 5.11 Å². The number of aliphatic hydroxyl groups excluding tert-OH is 1. The van der Waals surface area contributed by atoms with Crippen molar-refractivity contribution in [2.24, 2.45) is 0 Å². The molecule has 0 fully saturated rings. The highest BCUT2D eigenvalue weighted by molar-refractivity contribution is 7.18. The molecule has 0 spiro atoms. The summed E-state index contributed by atoms with van der Waals surface area (Å²) in [4.78, 5) is 3.63. The monoisotopic (exact) mass is 241 g/mol. The van der Waals surface area contributed by atoms with Gasteiger partial charge in [-0.15, -0.1) is 22.9 Å². The molecule has 0 amide bonds. The van der Waals surface area contributed by atoms with E-state index < -0.39 is 11.0 Å². The minimum atomic E-state index is -0.802. The van der Waals surface area contributed by atoms with Gasteiger partial charge in [0, 0.05) is 0 Å². The number of alkyl halides is 1. The van der Waals surface area contributed by atoms with E-state index in [1.54, 1.807) is 13.8 Å². The molecular weight excluding hydrogens is 230 g/mol. The Balaban J connectivity index is 2.53. The molecule has 0 aliphatic rings. The molecule has 0 aliphatic heterocycles. The minimum Gasteiger partial charge on any atom is -0.391 e. The Hall–Kier alpha value is -0.640. The molecule has 2 nitrogen and oxygen atoms in total. The summed E-state index contributed by atoms with van der Waals surface area (Å²) in [5.41, 5.74) is 0.935. The van der Waals surface area contributed by atoms with Crippen molar-refractivity contribution in [3.63, 3.8) is 0 Å². The maximum Gasteiger partial charge on any atom is 0.119 e. The fourth-order valence-corrected chi connectivity index (χ4v) is 2.51. The third-order valence-corrected chi connectivity index (χ3v) is 4.38. The quantitative estimate of drug-likeness (QED) is 0.820. The SMILES string of the molecule is C[C@H](O)[C@@](C)(Cl)c1nc2ccccc2s1. The van der Waals surface area contributed by atoms with Crippen molar-refractivity contribution in [2.75, 3.05) is 0 Å². The van der Waals surface area contributed by atoms with Gasteiger partial charge in [-0.25, -0.2) is 4.98 Å². The highest BCUT2D eigenvalue weighted by Crippen LogP contribution is 2.37. The van der Waals surface area contributed by atoms with Crippen molar-refractivity contribution in [2.45, 2.75) is 24.8 Å². The molecule has 1 aromatic carbocycles. The van der Waals surface area contributed by atoms with Crippen LogP contribution in [0, 0.1) is 0 Å². The zero-order chi connectivity index (χ0) is 11.1. The number of fused-ring (bicyclic) bond motifs is 1. The van der Waals surface area contributed by atoms with E-state index in [1.165, 1.54) is 11.3 Å². The van der Waals surface area contributed by atoms with E-state index in [0.29, 0.717) is 0 Å². The third kappa shape index (κ3) is 1.87. The van der Waals surface area contributed by atoms with Gasteiger partial charge in [-0.1, -0.05) is 12.1 Å². The molecule has 2 atom stereocenters. The molecule has 2 aromatic rings. The van der Waals surface area contributed by atoms with Crippen molar-refractivity contribution in [3.05, 3.63) is 29.3 Å². The second kappa shape index (κ2) is 3.74. The number of halogens is 1. The van der Waals surface area contributed by atoms with Crippen LogP contribution in [0.15, 0.2) is 24.3 Å². The van der Waals surface area contributed by atoms with Gasteiger partial charge in [0.1, 0.15) is 9.88 Å². The second-order valence-electron chi connectivity index (χ2n) is 3.74. The normalized spacial score (nSPS) is 17.6. The summed E-state index contributed by atoms with van der Waals surface area (Å²) >= 11 is 7.80. The maximum atomic E-state index is 9.59. The molecule has 1 aromatic heterocycles. The largest absolute Gasteiger partial charge is 0.391 e. The van der Waals surface area contributed by atoms with E-state index >= 15 is 0 Å². The van der Waals surface area contributed by atoms with Crippen molar-refractivity contribution < 1.29 is 5.11 Å². The number of hydrogen-bond acceptors (Lipinski definition) is 3. The number of thiazole rings is 1. The van der Waals surface area contributed by atoms with Crippen molar-refractivity contribution in [1.29, 1.82) is 0 Å². The molecule has 0 bridgehead atoms. The van der Waals surface area contributed by atoms with Gasteiger partial charge in [0.15, 0.2) is 0 Å². The van der Waals surface area contributed by atoms with Crippen molar-refractivity contribution in [1.82, 2.24) is 4.98 Å². The van der Waals surface area contributed by atoms with Gasteiger partial charge in [0.2, 0.25) is 0 Å². The highest BCUT2D eigenvalue weighted by atomic mass is 35.5. The first kappa shape index (κ1) is 10.9. The van der Waals surface area contributed by atoms with Crippen LogP contribution in [0.4, 0.5) is 0 Å². The molecule has 0 saturated carbocycles. The Morgan fingerprint density at radius 1 is 1.47 bits per heavy atom. The minimum absolute atomic E-state index is 0.625. The Morgan fingerprint density at radius 3 is 2.73 bits per heavy atom. The molecule has 80 valence electrons. The van der Waals surface area contributed by atoms with E-state index in [-0.39, 0.29) is 0 Å². The fourth-order valence-electron chi connectivity index (χ4n) is 1.26. The summed E-state index contributed by atoms with van der Waals surface area (Å²) in [7, 11) is 0. The molecule has 0 aliphatic carbocycles. The van der Waals surface area contributed by atoms with Gasteiger partial charge in [-0.2, -0.15) is 0 Å². The average Bonchev–Trinajstić information content (AvgIpc) is 2.61. The Labute approximate surface area is 97.5 Å². The summed E-state index contributed by atoms with van der Waals surface area (Å²) in [5.74, 6) is 0. The predicted octanol–water partition coefficient (Wildman–Crippen LogP) is 3.13. The van der Waals surface area contributed by atoms with Crippen LogP contribution in [0.3, 0.4) is 0 Å². The van der Waals surface area contributed by atoms with E-state index in [2.05, 4.69) is 4.98 Å². The highest BCUT2D eigenvalue weighted by Gasteiger charge is 2.32. The van der Waals surface area contributed by atoms with Gasteiger partial charge in [0.05, 0.1) is 16.3 Å². The van der Waals surface area contributed by atoms with Gasteiger partial charge in [0.25, 0.3) is 0 Å². The van der Waals surface area contributed by atoms with E-state index in [0.717, 1.165) is 15.2 Å². The third-order valence-electron chi connectivity index (χ3n) is 2.50. The lowest BCUT2D eigenvalue weighted by Gasteiger charge is -2.22. The zero-order valence-electron chi connectivity index (χ0n) is 8.57. The number of para-hydroxylation sites is 1. The zero-order valence-corrected chi connectivity index (χ0v) is 10.1. The number of aliphatic hydroxyl groups is 1. The van der Waals surface area contributed by atoms with Crippen LogP contribution in [0.25, 0.3) is 10.2 Å². The molecule has 0 radical (unpaired) electrons. The van der Waals surface area contributed by atoms with Gasteiger partial charge in [-0.3, -0.25) is 0 Å². The lowest BCUT2D eigenvalue weighted by molar-refractivity contribution is 0.150. The molecule has 1 heterocycles. The summed E-state index contributed by atoms with van der Waals surface area (Å²) in [5, 5.41) is 10.4.